The summed E-state index contributed by atoms with van der Waals surface area (Å²) < 4.78 is 34.4. The summed E-state index contributed by atoms with van der Waals surface area (Å²) in [6.45, 7) is 2.53. The second kappa shape index (κ2) is 7.36. The highest BCUT2D eigenvalue weighted by molar-refractivity contribution is 5.97. The Bertz CT molecular complexity index is 979. The molecule has 1 saturated heterocycles. The van der Waals surface area contributed by atoms with E-state index < -0.39 is 22.8 Å². The van der Waals surface area contributed by atoms with Crippen LogP contribution >= 0.6 is 0 Å². The van der Waals surface area contributed by atoms with E-state index in [1.807, 2.05) is 7.05 Å². The van der Waals surface area contributed by atoms with Crippen LogP contribution in [-0.2, 0) is 0 Å². The highest BCUT2D eigenvalue weighted by Gasteiger charge is 2.26. The number of anilines is 1. The number of carboxylic acids is 1. The summed E-state index contributed by atoms with van der Waals surface area (Å²) in [7, 11) is 3.29. The number of methoxy groups -OCH3 is 1. The molecule has 144 valence electrons. The molecule has 0 aliphatic carbocycles. The van der Waals surface area contributed by atoms with E-state index in [-0.39, 0.29) is 28.7 Å². The molecule has 0 atom stereocenters. The Kier molecular flexibility index (Phi) is 5.13. The van der Waals surface area contributed by atoms with Crippen molar-refractivity contribution < 1.29 is 23.4 Å². The highest BCUT2D eigenvalue weighted by Crippen LogP contribution is 2.38. The van der Waals surface area contributed by atoms with Crippen molar-refractivity contribution in [1.82, 2.24) is 9.47 Å². The highest BCUT2D eigenvalue weighted by atomic mass is 19.1. The molecule has 1 N–H and O–H groups in total. The summed E-state index contributed by atoms with van der Waals surface area (Å²) in [6.07, 6.45) is 2.15. The first-order valence-corrected chi connectivity index (χ1v) is 8.28. The molecule has 1 aliphatic rings. The van der Waals surface area contributed by atoms with Crippen molar-refractivity contribution >= 4 is 28.8 Å². The average Bonchev–Trinajstić information content (AvgIpc) is 2.64. The van der Waals surface area contributed by atoms with Gasteiger partial charge >= 0.3 is 5.97 Å². The van der Waals surface area contributed by atoms with Crippen LogP contribution in [0.25, 0.3) is 17.1 Å². The molecule has 0 radical (unpaired) electrons. The van der Waals surface area contributed by atoms with Crippen LogP contribution in [-0.4, -0.2) is 60.9 Å². The lowest BCUT2D eigenvalue weighted by molar-refractivity contribution is 0.0695. The Hall–Kier alpha value is -2.94. The minimum Gasteiger partial charge on any atom is -0.492 e. The van der Waals surface area contributed by atoms with Gasteiger partial charge in [0, 0.05) is 38.6 Å². The third kappa shape index (κ3) is 3.25. The number of nitrogens with zero attached hydrogens (tertiary/aromatic N) is 3. The number of aromatic carboxylic acids is 1. The van der Waals surface area contributed by atoms with Crippen LogP contribution in [0.1, 0.15) is 10.4 Å². The summed E-state index contributed by atoms with van der Waals surface area (Å²) in [4.78, 5) is 27.8. The predicted octanol–water partition coefficient (Wildman–Crippen LogP) is 2.00. The van der Waals surface area contributed by atoms with Crippen molar-refractivity contribution in [3.63, 3.8) is 0 Å². The number of ether oxygens (including phenoxy) is 1. The van der Waals surface area contributed by atoms with E-state index >= 15 is 0 Å². The summed E-state index contributed by atoms with van der Waals surface area (Å²) in [5, 5.41) is 9.03. The molecule has 9 heteroatoms. The fourth-order valence-electron chi connectivity index (χ4n) is 3.29. The van der Waals surface area contributed by atoms with Crippen molar-refractivity contribution in [2.45, 2.75) is 0 Å². The van der Waals surface area contributed by atoms with Gasteiger partial charge in [-0.2, -0.15) is 0 Å². The zero-order valence-electron chi connectivity index (χ0n) is 14.9. The van der Waals surface area contributed by atoms with Crippen molar-refractivity contribution in [2.75, 3.05) is 45.2 Å². The number of aromatic nitrogens is 1. The van der Waals surface area contributed by atoms with Crippen LogP contribution < -0.4 is 15.1 Å². The van der Waals surface area contributed by atoms with Crippen LogP contribution in [0.3, 0.4) is 0 Å². The van der Waals surface area contributed by atoms with Gasteiger partial charge in [0.1, 0.15) is 23.1 Å². The predicted molar refractivity (Wildman–Crippen MR) is 97.8 cm³/mol. The number of carboxylic acid groups (broad SMARTS) is 1. The summed E-state index contributed by atoms with van der Waals surface area (Å²) in [5.74, 6) is -2.12. The number of hydrogen-bond donors (Lipinski definition) is 1. The second-order valence-corrected chi connectivity index (χ2v) is 6.29. The molecule has 2 heterocycles. The van der Waals surface area contributed by atoms with Crippen molar-refractivity contribution in [2.24, 2.45) is 0 Å². The van der Waals surface area contributed by atoms with Crippen LogP contribution in [0.4, 0.5) is 14.5 Å². The smallest absolute Gasteiger partial charge is 0.341 e. The maximum absolute atomic E-state index is 15.0. The third-order valence-corrected chi connectivity index (χ3v) is 4.67. The molecule has 1 aromatic carbocycles. The van der Waals surface area contributed by atoms with E-state index in [1.165, 1.54) is 7.11 Å². The van der Waals surface area contributed by atoms with Crippen LogP contribution in [0, 0.1) is 5.82 Å². The third-order valence-electron chi connectivity index (χ3n) is 4.67. The van der Waals surface area contributed by atoms with Crippen molar-refractivity contribution in [1.29, 1.82) is 0 Å². The normalized spacial score (nSPS) is 15.6. The maximum Gasteiger partial charge on any atom is 0.341 e. The van der Waals surface area contributed by atoms with Crippen molar-refractivity contribution in [3.05, 3.63) is 40.2 Å². The fraction of sp³-hybridized carbons (Fsp3) is 0.333. The van der Waals surface area contributed by atoms with Gasteiger partial charge in [0.25, 0.3) is 0 Å². The van der Waals surface area contributed by atoms with Gasteiger partial charge in [-0.1, -0.05) is 0 Å². The fourth-order valence-corrected chi connectivity index (χ4v) is 3.29. The number of pyridine rings is 1. The zero-order valence-corrected chi connectivity index (χ0v) is 14.9. The molecule has 7 nitrogen and oxygen atoms in total. The first kappa shape index (κ1) is 18.8. The Morgan fingerprint density at radius 2 is 1.96 bits per heavy atom. The monoisotopic (exact) mass is 379 g/mol. The van der Waals surface area contributed by atoms with Crippen molar-refractivity contribution in [3.8, 4) is 5.75 Å². The maximum atomic E-state index is 15.0. The quantitative estimate of drug-likeness (QED) is 0.876. The molecule has 1 fully saturated rings. The molecule has 2 aromatic rings. The van der Waals surface area contributed by atoms with E-state index in [4.69, 9.17) is 4.74 Å². The van der Waals surface area contributed by atoms with Gasteiger partial charge in [0.2, 0.25) is 5.43 Å². The number of fused-ring (bicyclic) bond motifs is 1. The largest absolute Gasteiger partial charge is 0.492 e. The molecule has 0 spiro atoms. The summed E-state index contributed by atoms with van der Waals surface area (Å²) in [5.41, 5.74) is -1.17. The van der Waals surface area contributed by atoms with Gasteiger partial charge in [-0.25, -0.2) is 13.6 Å². The van der Waals surface area contributed by atoms with Gasteiger partial charge < -0.3 is 24.2 Å². The number of piperazine rings is 1. The molecule has 0 amide bonds. The van der Waals surface area contributed by atoms with Gasteiger partial charge in [-0.3, -0.25) is 4.79 Å². The molecule has 1 aliphatic heterocycles. The molecular weight excluding hydrogens is 360 g/mol. The Balaban J connectivity index is 2.36. The van der Waals surface area contributed by atoms with Crippen LogP contribution in [0.5, 0.6) is 5.75 Å². The molecule has 3 rings (SSSR count). The number of hydrogen-bond acceptors (Lipinski definition) is 5. The molecular formula is C18H19F2N3O4. The topological polar surface area (TPSA) is 75.0 Å². The number of carbonyl (C=O) groups is 1. The van der Waals surface area contributed by atoms with Crippen LogP contribution in [0.2, 0.25) is 0 Å². The SMILES string of the molecule is COc1c(N2CCN(C)CC2)c(F)cc2c(=O)c(C(=O)O)cn(/C=C/F)c12. The lowest BCUT2D eigenvalue weighted by atomic mass is 10.1. The number of rotatable bonds is 4. The van der Waals surface area contributed by atoms with E-state index in [1.54, 1.807) is 4.90 Å². The molecule has 0 unspecified atom stereocenters. The lowest BCUT2D eigenvalue weighted by Gasteiger charge is -2.35. The summed E-state index contributed by atoms with van der Waals surface area (Å²) >= 11 is 0. The minimum absolute atomic E-state index is 0.0571. The first-order valence-electron chi connectivity index (χ1n) is 8.28. The van der Waals surface area contributed by atoms with E-state index in [9.17, 15) is 23.5 Å². The zero-order chi connectivity index (χ0) is 19.7. The second-order valence-electron chi connectivity index (χ2n) is 6.29. The van der Waals surface area contributed by atoms with Gasteiger partial charge in [-0.15, -0.1) is 0 Å². The Morgan fingerprint density at radius 3 is 2.52 bits per heavy atom. The number of benzene rings is 1. The summed E-state index contributed by atoms with van der Waals surface area (Å²) in [6, 6.07) is 0.989. The van der Waals surface area contributed by atoms with E-state index in [0.717, 1.165) is 36.1 Å². The standard InChI is InChI=1S/C18H19F2N3O4/c1-21-5-7-22(8-6-21)15-13(20)9-11-14(17(15)27-2)23(4-3-19)10-12(16(11)24)18(25)26/h3-4,9-10H,5-8H2,1-2H3,(H,25,26)/b4-3+. The number of halogens is 2. The average molecular weight is 379 g/mol. The minimum atomic E-state index is -1.48. The molecule has 0 bridgehead atoms. The Labute approximate surface area is 153 Å². The first-order chi connectivity index (χ1) is 12.9. The lowest BCUT2D eigenvalue weighted by Crippen LogP contribution is -2.45. The van der Waals surface area contributed by atoms with Gasteiger partial charge in [0.05, 0.1) is 12.5 Å². The van der Waals surface area contributed by atoms with Gasteiger partial charge in [-0.05, 0) is 13.1 Å². The van der Waals surface area contributed by atoms with E-state index in [0.29, 0.717) is 13.1 Å². The molecule has 0 saturated carbocycles. The molecule has 27 heavy (non-hydrogen) atoms. The molecule has 1 aromatic heterocycles. The van der Waals surface area contributed by atoms with Crippen LogP contribution in [0.15, 0.2) is 23.4 Å². The van der Waals surface area contributed by atoms with E-state index in [2.05, 4.69) is 4.90 Å². The number of likely N-dealkylation sites (N-methyl/N-ethyl adjacent to an activating group) is 1. The Morgan fingerprint density at radius 1 is 1.30 bits per heavy atom. The van der Waals surface area contributed by atoms with Gasteiger partial charge in [0.15, 0.2) is 11.6 Å².